The molecule has 4 rings (SSSR count). The van der Waals surface area contributed by atoms with Gasteiger partial charge >= 0.3 is 11.9 Å². The van der Waals surface area contributed by atoms with E-state index in [2.05, 4.69) is 25.8 Å². The number of hydrogen-bond acceptors (Lipinski definition) is 7. The molecule has 0 bridgehead atoms. The van der Waals surface area contributed by atoms with Crippen molar-refractivity contribution in [3.05, 3.63) is 63.7 Å². The number of alkyl halides is 3. The first-order valence-corrected chi connectivity index (χ1v) is 12.3. The number of hydrogen-bond donors (Lipinski definition) is 1. The SMILES string of the molecule is CC[C@H]1CN(C(CN)c2ccc(C(F)(F)F)cc2)[C@H](CC)CN1c1nc(=O)n(C)c2ccc(C#N)nc12. The molecule has 0 spiro atoms. The van der Waals surface area contributed by atoms with Crippen LogP contribution in [0.3, 0.4) is 0 Å². The molecule has 2 N–H and O–H groups in total. The predicted molar refractivity (Wildman–Crippen MR) is 135 cm³/mol. The molecule has 37 heavy (non-hydrogen) atoms. The maximum atomic E-state index is 13.1. The van der Waals surface area contributed by atoms with Crippen LogP contribution in [0.1, 0.15) is 49.6 Å². The number of rotatable bonds is 6. The summed E-state index contributed by atoms with van der Waals surface area (Å²) >= 11 is 0. The molecule has 1 unspecified atom stereocenters. The summed E-state index contributed by atoms with van der Waals surface area (Å²) in [6, 6.07) is 10.2. The van der Waals surface area contributed by atoms with Gasteiger partial charge in [-0.25, -0.2) is 9.78 Å². The Morgan fingerprint density at radius 3 is 2.32 bits per heavy atom. The summed E-state index contributed by atoms with van der Waals surface area (Å²) in [5.41, 5.74) is 7.11. The first kappa shape index (κ1) is 26.6. The third-order valence-electron chi connectivity index (χ3n) is 7.25. The molecule has 0 amide bonds. The third-order valence-corrected chi connectivity index (χ3v) is 7.25. The van der Waals surface area contributed by atoms with Gasteiger partial charge in [0.25, 0.3) is 0 Å². The van der Waals surface area contributed by atoms with Crippen molar-refractivity contribution in [2.24, 2.45) is 12.8 Å². The summed E-state index contributed by atoms with van der Waals surface area (Å²) in [5.74, 6) is 0.443. The molecule has 1 aliphatic rings. The smallest absolute Gasteiger partial charge is 0.349 e. The minimum atomic E-state index is -4.40. The van der Waals surface area contributed by atoms with Gasteiger partial charge in [0.1, 0.15) is 17.3 Å². The maximum absolute atomic E-state index is 13.1. The van der Waals surface area contributed by atoms with Crippen LogP contribution in [0.25, 0.3) is 11.0 Å². The largest absolute Gasteiger partial charge is 0.416 e. The minimum Gasteiger partial charge on any atom is -0.349 e. The van der Waals surface area contributed by atoms with Gasteiger partial charge in [-0.15, -0.1) is 0 Å². The highest BCUT2D eigenvalue weighted by Crippen LogP contribution is 2.35. The van der Waals surface area contributed by atoms with E-state index in [0.29, 0.717) is 29.9 Å². The van der Waals surface area contributed by atoms with Crippen LogP contribution < -0.4 is 16.3 Å². The van der Waals surface area contributed by atoms with Crippen LogP contribution >= 0.6 is 0 Å². The lowest BCUT2D eigenvalue weighted by Crippen LogP contribution is -2.60. The summed E-state index contributed by atoms with van der Waals surface area (Å²) in [6.07, 6.45) is -2.92. The normalized spacial score (nSPS) is 19.7. The topological polar surface area (TPSA) is 104 Å². The Kier molecular flexibility index (Phi) is 7.52. The van der Waals surface area contributed by atoms with E-state index >= 15 is 0 Å². The highest BCUT2D eigenvalue weighted by atomic mass is 19.4. The molecular formula is C26H30F3N7O. The molecule has 3 atom stereocenters. The number of aryl methyl sites for hydroxylation is 1. The molecule has 2 aromatic heterocycles. The standard InChI is InChI=1S/C26H30F3N7O/c1-4-19-15-36(24-23-21(34(3)25(37)33-24)11-10-18(12-30)32-23)20(5-2)14-35(19)22(13-31)16-6-8-17(9-7-16)26(27,28)29/h6-11,19-20,22H,4-5,13-15,31H2,1-3H3/t19-,20+,22?/m1/s1. The number of piperazine rings is 1. The zero-order valence-electron chi connectivity index (χ0n) is 21.0. The Morgan fingerprint density at radius 2 is 1.76 bits per heavy atom. The van der Waals surface area contributed by atoms with Crippen molar-refractivity contribution in [1.82, 2.24) is 19.4 Å². The van der Waals surface area contributed by atoms with E-state index in [1.807, 2.05) is 13.8 Å². The van der Waals surface area contributed by atoms with Crippen LogP contribution in [0, 0.1) is 11.3 Å². The van der Waals surface area contributed by atoms with E-state index in [0.717, 1.165) is 30.5 Å². The third kappa shape index (κ3) is 5.04. The van der Waals surface area contributed by atoms with Gasteiger partial charge in [0.2, 0.25) is 0 Å². The lowest BCUT2D eigenvalue weighted by Gasteiger charge is -2.49. The van der Waals surface area contributed by atoms with Gasteiger partial charge < -0.3 is 10.6 Å². The van der Waals surface area contributed by atoms with Gasteiger partial charge in [-0.1, -0.05) is 26.0 Å². The zero-order valence-corrected chi connectivity index (χ0v) is 21.0. The zero-order chi connectivity index (χ0) is 26.9. The molecule has 3 aromatic rings. The number of nitriles is 1. The summed E-state index contributed by atoms with van der Waals surface area (Å²) in [5, 5.41) is 9.40. The monoisotopic (exact) mass is 513 g/mol. The number of nitrogens with zero attached hydrogens (tertiary/aromatic N) is 6. The van der Waals surface area contributed by atoms with Crippen LogP contribution in [0.4, 0.5) is 19.0 Å². The van der Waals surface area contributed by atoms with Crippen LogP contribution in [-0.4, -0.2) is 51.2 Å². The molecule has 3 heterocycles. The van der Waals surface area contributed by atoms with Crippen molar-refractivity contribution in [3.63, 3.8) is 0 Å². The van der Waals surface area contributed by atoms with Crippen molar-refractivity contribution in [2.45, 2.75) is 51.0 Å². The maximum Gasteiger partial charge on any atom is 0.416 e. The van der Waals surface area contributed by atoms with Crippen molar-refractivity contribution in [1.29, 1.82) is 5.26 Å². The van der Waals surface area contributed by atoms with Crippen molar-refractivity contribution >= 4 is 16.9 Å². The number of fused-ring (bicyclic) bond motifs is 1. The molecular weight excluding hydrogens is 483 g/mol. The van der Waals surface area contributed by atoms with Gasteiger partial charge in [-0.3, -0.25) is 9.47 Å². The van der Waals surface area contributed by atoms with Crippen molar-refractivity contribution in [2.75, 3.05) is 24.5 Å². The fraction of sp³-hybridized carbons (Fsp3) is 0.462. The second-order valence-electron chi connectivity index (χ2n) is 9.30. The molecule has 1 fully saturated rings. The van der Waals surface area contributed by atoms with Crippen molar-refractivity contribution in [3.8, 4) is 6.07 Å². The summed E-state index contributed by atoms with van der Waals surface area (Å²) < 4.78 is 40.7. The Hall–Kier alpha value is -3.49. The Balaban J connectivity index is 1.73. The molecule has 1 saturated heterocycles. The first-order chi connectivity index (χ1) is 17.6. The van der Waals surface area contributed by atoms with Crippen LogP contribution in [0.15, 0.2) is 41.2 Å². The Morgan fingerprint density at radius 1 is 1.08 bits per heavy atom. The highest BCUT2D eigenvalue weighted by Gasteiger charge is 2.38. The lowest BCUT2D eigenvalue weighted by atomic mass is 9.95. The molecule has 0 saturated carbocycles. The lowest BCUT2D eigenvalue weighted by molar-refractivity contribution is -0.137. The quantitative estimate of drug-likeness (QED) is 0.537. The fourth-order valence-corrected chi connectivity index (χ4v) is 5.15. The van der Waals surface area contributed by atoms with Gasteiger partial charge in [0.05, 0.1) is 11.1 Å². The number of nitrogens with two attached hydrogens (primary N) is 1. The molecule has 1 aliphatic heterocycles. The second kappa shape index (κ2) is 10.5. The van der Waals surface area contributed by atoms with Crippen LogP contribution in [0.5, 0.6) is 0 Å². The van der Waals surface area contributed by atoms with E-state index in [1.54, 1.807) is 19.2 Å². The summed E-state index contributed by atoms with van der Waals surface area (Å²) in [6.45, 7) is 5.44. The molecule has 11 heteroatoms. The predicted octanol–water partition coefficient (Wildman–Crippen LogP) is 3.60. The Bertz CT molecular complexity index is 1360. The highest BCUT2D eigenvalue weighted by molar-refractivity contribution is 5.86. The number of pyridine rings is 1. The first-order valence-electron chi connectivity index (χ1n) is 12.3. The Labute approximate surface area is 213 Å². The number of anilines is 1. The summed E-state index contributed by atoms with van der Waals surface area (Å²) in [7, 11) is 1.62. The van der Waals surface area contributed by atoms with Gasteiger partial charge in [0.15, 0.2) is 5.82 Å². The van der Waals surface area contributed by atoms with E-state index in [4.69, 9.17) is 5.73 Å². The molecule has 0 aliphatic carbocycles. The van der Waals surface area contributed by atoms with Crippen molar-refractivity contribution < 1.29 is 13.2 Å². The van der Waals surface area contributed by atoms with E-state index < -0.39 is 17.4 Å². The summed E-state index contributed by atoms with van der Waals surface area (Å²) in [4.78, 5) is 25.9. The second-order valence-corrected chi connectivity index (χ2v) is 9.30. The molecule has 8 nitrogen and oxygen atoms in total. The molecule has 0 radical (unpaired) electrons. The van der Waals surface area contributed by atoms with Gasteiger partial charge in [0, 0.05) is 44.8 Å². The van der Waals surface area contributed by atoms with E-state index in [-0.39, 0.29) is 30.4 Å². The average Bonchev–Trinajstić information content (AvgIpc) is 2.90. The number of halogens is 3. The van der Waals surface area contributed by atoms with Crippen LogP contribution in [0.2, 0.25) is 0 Å². The molecule has 196 valence electrons. The van der Waals surface area contributed by atoms with Gasteiger partial charge in [-0.05, 0) is 42.7 Å². The van der Waals surface area contributed by atoms with E-state index in [1.165, 1.54) is 16.7 Å². The molecule has 1 aromatic carbocycles. The van der Waals surface area contributed by atoms with Gasteiger partial charge in [-0.2, -0.15) is 23.4 Å². The average molecular weight is 514 g/mol. The minimum absolute atomic E-state index is 0.00120. The fourth-order valence-electron chi connectivity index (χ4n) is 5.15. The van der Waals surface area contributed by atoms with Crippen LogP contribution in [-0.2, 0) is 13.2 Å². The van der Waals surface area contributed by atoms with E-state index in [9.17, 15) is 23.2 Å². The number of aromatic nitrogens is 3. The number of benzene rings is 1.